The minimum Gasteiger partial charge on any atom is -0.490 e. The number of hydrogen-bond donors (Lipinski definition) is 2. The molecule has 0 spiro atoms. The monoisotopic (exact) mass is 544 g/mol. The lowest BCUT2D eigenvalue weighted by Gasteiger charge is -2.14. The Morgan fingerprint density at radius 1 is 1.23 bits per heavy atom. The SMILES string of the molecule is CCOCCCNC(=NCc1cccc2c1OCCCO2)NCc1nnc(C)n1C.I. The Kier molecular flexibility index (Phi) is 10.9. The predicted molar refractivity (Wildman–Crippen MR) is 130 cm³/mol. The van der Waals surface area contributed by atoms with Crippen LogP contribution in [0.2, 0.25) is 0 Å². The summed E-state index contributed by atoms with van der Waals surface area (Å²) in [5, 5.41) is 15.0. The molecule has 0 bridgehead atoms. The van der Waals surface area contributed by atoms with Crippen molar-refractivity contribution in [1.29, 1.82) is 0 Å². The Balaban J connectivity index is 0.00000341. The number of aryl methyl sites for hydroxylation is 1. The highest BCUT2D eigenvalue weighted by atomic mass is 127. The van der Waals surface area contributed by atoms with Gasteiger partial charge in [0.1, 0.15) is 5.82 Å². The van der Waals surface area contributed by atoms with Crippen molar-refractivity contribution in [2.45, 2.75) is 39.8 Å². The average Bonchev–Trinajstić information content (AvgIpc) is 2.95. The molecule has 9 nitrogen and oxygen atoms in total. The molecular weight excluding hydrogens is 511 g/mol. The first-order valence-electron chi connectivity index (χ1n) is 10.5. The van der Waals surface area contributed by atoms with Crippen molar-refractivity contribution in [3.63, 3.8) is 0 Å². The number of hydrogen-bond acceptors (Lipinski definition) is 6. The Morgan fingerprint density at radius 3 is 2.84 bits per heavy atom. The van der Waals surface area contributed by atoms with Crippen LogP contribution >= 0.6 is 24.0 Å². The molecule has 172 valence electrons. The molecule has 1 aliphatic rings. The molecule has 0 fully saturated rings. The van der Waals surface area contributed by atoms with Crippen LogP contribution in [0, 0.1) is 6.92 Å². The van der Waals surface area contributed by atoms with E-state index in [0.29, 0.717) is 32.3 Å². The highest BCUT2D eigenvalue weighted by molar-refractivity contribution is 14.0. The number of fused-ring (bicyclic) bond motifs is 1. The lowest BCUT2D eigenvalue weighted by molar-refractivity contribution is 0.145. The highest BCUT2D eigenvalue weighted by Gasteiger charge is 2.14. The van der Waals surface area contributed by atoms with Gasteiger partial charge in [-0.2, -0.15) is 0 Å². The number of para-hydroxylation sites is 1. The Bertz CT molecular complexity index is 843. The number of aromatic nitrogens is 3. The minimum atomic E-state index is 0. The molecule has 2 N–H and O–H groups in total. The zero-order valence-corrected chi connectivity index (χ0v) is 20.8. The van der Waals surface area contributed by atoms with Crippen LogP contribution in [0.4, 0.5) is 0 Å². The van der Waals surface area contributed by atoms with Crippen molar-refractivity contribution >= 4 is 29.9 Å². The maximum atomic E-state index is 5.91. The first kappa shape index (κ1) is 25.2. The predicted octanol–water partition coefficient (Wildman–Crippen LogP) is 2.56. The van der Waals surface area contributed by atoms with E-state index in [1.807, 2.05) is 43.7 Å². The number of aliphatic imine (C=N–C) groups is 1. The van der Waals surface area contributed by atoms with E-state index in [0.717, 1.165) is 61.3 Å². The van der Waals surface area contributed by atoms with E-state index >= 15 is 0 Å². The normalized spacial score (nSPS) is 13.3. The van der Waals surface area contributed by atoms with E-state index in [1.165, 1.54) is 0 Å². The number of ether oxygens (including phenoxy) is 3. The molecule has 3 rings (SSSR count). The van der Waals surface area contributed by atoms with Gasteiger partial charge in [-0.25, -0.2) is 4.99 Å². The summed E-state index contributed by atoms with van der Waals surface area (Å²) in [6.45, 7) is 8.47. The molecule has 10 heteroatoms. The average molecular weight is 544 g/mol. The Morgan fingerprint density at radius 2 is 2.06 bits per heavy atom. The summed E-state index contributed by atoms with van der Waals surface area (Å²) in [6, 6.07) is 5.94. The maximum Gasteiger partial charge on any atom is 0.191 e. The van der Waals surface area contributed by atoms with Gasteiger partial charge in [-0.15, -0.1) is 34.2 Å². The molecule has 0 saturated carbocycles. The smallest absolute Gasteiger partial charge is 0.191 e. The van der Waals surface area contributed by atoms with Crippen LogP contribution in [-0.4, -0.2) is 53.7 Å². The van der Waals surface area contributed by atoms with Crippen molar-refractivity contribution in [3.8, 4) is 11.5 Å². The van der Waals surface area contributed by atoms with Crippen LogP contribution in [0.25, 0.3) is 0 Å². The van der Waals surface area contributed by atoms with Crippen LogP contribution in [0.3, 0.4) is 0 Å². The number of guanidine groups is 1. The van der Waals surface area contributed by atoms with Crippen LogP contribution < -0.4 is 20.1 Å². The van der Waals surface area contributed by atoms with Crippen LogP contribution in [0.1, 0.15) is 37.0 Å². The molecular formula is C21H33IN6O3. The Labute approximate surface area is 201 Å². The van der Waals surface area contributed by atoms with Crippen molar-refractivity contribution in [2.75, 3.05) is 33.0 Å². The fraction of sp³-hybridized carbons (Fsp3) is 0.571. The largest absolute Gasteiger partial charge is 0.490 e. The van der Waals surface area contributed by atoms with Gasteiger partial charge in [0.05, 0.1) is 26.3 Å². The van der Waals surface area contributed by atoms with Gasteiger partial charge in [-0.3, -0.25) is 0 Å². The molecule has 31 heavy (non-hydrogen) atoms. The number of nitrogens with one attached hydrogen (secondary N) is 2. The Hall–Kier alpha value is -2.08. The molecule has 0 amide bonds. The molecule has 2 heterocycles. The van der Waals surface area contributed by atoms with Crippen molar-refractivity contribution in [2.24, 2.45) is 12.0 Å². The van der Waals surface area contributed by atoms with E-state index in [1.54, 1.807) is 0 Å². The van der Waals surface area contributed by atoms with E-state index < -0.39 is 0 Å². The van der Waals surface area contributed by atoms with Gasteiger partial charge in [-0.05, 0) is 26.3 Å². The first-order chi connectivity index (χ1) is 14.7. The van der Waals surface area contributed by atoms with Crippen molar-refractivity contribution in [3.05, 3.63) is 35.4 Å². The molecule has 0 radical (unpaired) electrons. The third-order valence-corrected chi connectivity index (χ3v) is 4.82. The number of benzene rings is 1. The summed E-state index contributed by atoms with van der Waals surface area (Å²) in [4.78, 5) is 4.76. The van der Waals surface area contributed by atoms with E-state index in [-0.39, 0.29) is 24.0 Å². The fourth-order valence-electron chi connectivity index (χ4n) is 3.01. The summed E-state index contributed by atoms with van der Waals surface area (Å²) in [5.41, 5.74) is 0.999. The van der Waals surface area contributed by atoms with E-state index in [9.17, 15) is 0 Å². The summed E-state index contributed by atoms with van der Waals surface area (Å²) >= 11 is 0. The van der Waals surface area contributed by atoms with E-state index in [2.05, 4.69) is 20.8 Å². The fourth-order valence-corrected chi connectivity index (χ4v) is 3.01. The highest BCUT2D eigenvalue weighted by Crippen LogP contribution is 2.33. The minimum absolute atomic E-state index is 0. The molecule has 0 aliphatic carbocycles. The van der Waals surface area contributed by atoms with Crippen LogP contribution in [0.5, 0.6) is 11.5 Å². The summed E-state index contributed by atoms with van der Waals surface area (Å²) in [5.74, 6) is 4.01. The number of rotatable bonds is 9. The standard InChI is InChI=1S/C21H32N6O3.HI/c1-4-28-11-6-10-22-21(24-15-19-26-25-16(2)27(19)3)23-14-17-8-5-9-18-20(17)30-13-7-12-29-18;/h5,8-9H,4,6-7,10-15H2,1-3H3,(H2,22,23,24);1H. The lowest BCUT2D eigenvalue weighted by Crippen LogP contribution is -2.38. The lowest BCUT2D eigenvalue weighted by atomic mass is 10.2. The quantitative estimate of drug-likeness (QED) is 0.217. The zero-order valence-electron chi connectivity index (χ0n) is 18.5. The molecule has 1 aliphatic heterocycles. The molecule has 1 aromatic carbocycles. The van der Waals surface area contributed by atoms with Crippen LogP contribution in [-0.2, 0) is 24.9 Å². The third kappa shape index (κ3) is 7.53. The second kappa shape index (κ2) is 13.4. The zero-order chi connectivity index (χ0) is 21.2. The first-order valence-corrected chi connectivity index (χ1v) is 10.5. The van der Waals surface area contributed by atoms with Gasteiger partial charge >= 0.3 is 0 Å². The molecule has 0 atom stereocenters. The van der Waals surface area contributed by atoms with Gasteiger partial charge in [0.2, 0.25) is 0 Å². The third-order valence-electron chi connectivity index (χ3n) is 4.82. The van der Waals surface area contributed by atoms with Gasteiger partial charge in [0.15, 0.2) is 23.3 Å². The molecule has 0 unspecified atom stereocenters. The second-order valence-corrected chi connectivity index (χ2v) is 7.01. The maximum absolute atomic E-state index is 5.91. The summed E-state index contributed by atoms with van der Waals surface area (Å²) in [7, 11) is 1.95. The van der Waals surface area contributed by atoms with Crippen molar-refractivity contribution < 1.29 is 14.2 Å². The molecule has 2 aromatic rings. The van der Waals surface area contributed by atoms with Gasteiger partial charge in [0.25, 0.3) is 0 Å². The summed E-state index contributed by atoms with van der Waals surface area (Å²) < 4.78 is 19.1. The topological polar surface area (TPSA) is 94.8 Å². The van der Waals surface area contributed by atoms with E-state index in [4.69, 9.17) is 19.2 Å². The molecule has 1 aromatic heterocycles. The van der Waals surface area contributed by atoms with Crippen LogP contribution in [0.15, 0.2) is 23.2 Å². The number of halogens is 1. The molecule has 0 saturated heterocycles. The van der Waals surface area contributed by atoms with Gasteiger partial charge < -0.3 is 29.4 Å². The van der Waals surface area contributed by atoms with Crippen molar-refractivity contribution in [1.82, 2.24) is 25.4 Å². The van der Waals surface area contributed by atoms with Gasteiger partial charge in [-0.1, -0.05) is 12.1 Å². The van der Waals surface area contributed by atoms with Gasteiger partial charge in [0, 0.05) is 38.8 Å². The number of nitrogens with zero attached hydrogens (tertiary/aromatic N) is 4. The second-order valence-electron chi connectivity index (χ2n) is 7.01. The summed E-state index contributed by atoms with van der Waals surface area (Å²) in [6.07, 6.45) is 1.78.